The van der Waals surface area contributed by atoms with Gasteiger partial charge in [0.1, 0.15) is 0 Å². The van der Waals surface area contributed by atoms with Crippen molar-refractivity contribution in [2.45, 2.75) is 13.5 Å². The first-order valence-corrected chi connectivity index (χ1v) is 7.23. The van der Waals surface area contributed by atoms with Crippen molar-refractivity contribution in [3.63, 3.8) is 0 Å². The fourth-order valence-corrected chi connectivity index (χ4v) is 2.39. The summed E-state index contributed by atoms with van der Waals surface area (Å²) in [4.78, 5) is 41.7. The highest BCUT2D eigenvalue weighted by molar-refractivity contribution is 5.77. The number of hydrogen-bond acceptors (Lipinski definition) is 5. The first-order valence-electron chi connectivity index (χ1n) is 7.23. The summed E-state index contributed by atoms with van der Waals surface area (Å²) in [5.74, 6) is -0.0492. The number of H-pyrrole nitrogens is 1. The summed E-state index contributed by atoms with van der Waals surface area (Å²) in [6.07, 6.45) is 0. The molecule has 0 saturated heterocycles. The average Bonchev–Trinajstić information content (AvgIpc) is 2.91. The number of aromatic amines is 1. The Kier molecular flexibility index (Phi) is 3.90. The van der Waals surface area contributed by atoms with Crippen molar-refractivity contribution in [1.82, 2.24) is 24.5 Å². The third-order valence-electron chi connectivity index (χ3n) is 3.54. The summed E-state index contributed by atoms with van der Waals surface area (Å²) in [6.45, 7) is 1.69. The largest absolute Gasteiger partial charge is 0.329 e. The lowest BCUT2D eigenvalue weighted by Gasteiger charge is -2.10. The molecule has 3 aromatic rings. The summed E-state index contributed by atoms with van der Waals surface area (Å²) in [5.41, 5.74) is 5.44. The Morgan fingerprint density at radius 3 is 2.62 bits per heavy atom. The molecule has 0 aliphatic heterocycles. The highest BCUT2D eigenvalue weighted by Crippen LogP contribution is 2.16. The van der Waals surface area contributed by atoms with Crippen LogP contribution in [0.3, 0.4) is 0 Å². The van der Waals surface area contributed by atoms with Gasteiger partial charge in [-0.15, -0.1) is 0 Å². The van der Waals surface area contributed by atoms with Crippen LogP contribution in [0.1, 0.15) is 12.5 Å². The monoisotopic (exact) mass is 328 g/mol. The molecule has 2 heterocycles. The van der Waals surface area contributed by atoms with Crippen molar-refractivity contribution in [2.75, 3.05) is 5.43 Å². The van der Waals surface area contributed by atoms with Gasteiger partial charge >= 0.3 is 5.69 Å². The van der Waals surface area contributed by atoms with Crippen LogP contribution in [0.25, 0.3) is 11.2 Å². The number of imidazole rings is 1. The lowest BCUT2D eigenvalue weighted by atomic mass is 10.2. The van der Waals surface area contributed by atoms with Gasteiger partial charge in [-0.1, -0.05) is 30.3 Å². The van der Waals surface area contributed by atoms with E-state index in [2.05, 4.69) is 20.8 Å². The second-order valence-corrected chi connectivity index (χ2v) is 5.30. The minimum atomic E-state index is -0.553. The predicted octanol–water partition coefficient (Wildman–Crippen LogP) is -0.0654. The number of nitrogens with one attached hydrogen (secondary N) is 3. The fourth-order valence-electron chi connectivity index (χ4n) is 2.39. The lowest BCUT2D eigenvalue weighted by molar-refractivity contribution is -0.118. The Morgan fingerprint density at radius 2 is 1.96 bits per heavy atom. The normalized spacial score (nSPS) is 10.8. The number of anilines is 1. The van der Waals surface area contributed by atoms with Crippen LogP contribution < -0.4 is 22.1 Å². The van der Waals surface area contributed by atoms with E-state index in [0.29, 0.717) is 6.54 Å². The van der Waals surface area contributed by atoms with Gasteiger partial charge in [0.05, 0.1) is 6.54 Å². The Bertz CT molecular complexity index is 1020. The zero-order valence-corrected chi connectivity index (χ0v) is 13.2. The highest BCUT2D eigenvalue weighted by Gasteiger charge is 2.17. The molecular weight excluding hydrogens is 312 g/mol. The molecule has 1 amide bonds. The molecule has 0 bridgehead atoms. The summed E-state index contributed by atoms with van der Waals surface area (Å²) in [7, 11) is 1.52. The molecule has 2 aromatic heterocycles. The number of hydrogen-bond donors (Lipinski definition) is 3. The molecular formula is C15H16N6O3. The molecule has 0 spiro atoms. The summed E-state index contributed by atoms with van der Waals surface area (Å²) < 4.78 is 2.86. The zero-order chi connectivity index (χ0) is 17.3. The quantitative estimate of drug-likeness (QED) is 0.580. The van der Waals surface area contributed by atoms with E-state index in [4.69, 9.17) is 0 Å². The van der Waals surface area contributed by atoms with Gasteiger partial charge in [-0.3, -0.25) is 34.6 Å². The number of aryl methyl sites for hydroxylation is 1. The van der Waals surface area contributed by atoms with Crippen LogP contribution in [0, 0.1) is 0 Å². The second-order valence-electron chi connectivity index (χ2n) is 5.30. The molecule has 0 aliphatic carbocycles. The van der Waals surface area contributed by atoms with Crippen LogP contribution >= 0.6 is 0 Å². The maximum atomic E-state index is 12.3. The van der Waals surface area contributed by atoms with Crippen LogP contribution in [-0.4, -0.2) is 25.0 Å². The first-order chi connectivity index (χ1) is 11.5. The van der Waals surface area contributed by atoms with Gasteiger partial charge in [0.2, 0.25) is 11.9 Å². The Morgan fingerprint density at radius 1 is 1.25 bits per heavy atom. The molecule has 0 radical (unpaired) electrons. The van der Waals surface area contributed by atoms with Crippen LogP contribution in [0.2, 0.25) is 0 Å². The predicted molar refractivity (Wildman–Crippen MR) is 88.6 cm³/mol. The number of amides is 1. The zero-order valence-electron chi connectivity index (χ0n) is 13.2. The van der Waals surface area contributed by atoms with E-state index < -0.39 is 11.2 Å². The molecule has 0 aliphatic rings. The fraction of sp³-hybridized carbons (Fsp3) is 0.200. The molecule has 3 rings (SSSR count). The molecule has 0 fully saturated rings. The first kappa shape index (κ1) is 15.5. The maximum absolute atomic E-state index is 12.3. The lowest BCUT2D eigenvalue weighted by Crippen LogP contribution is -2.30. The molecule has 3 N–H and O–H groups in total. The SMILES string of the molecule is CC(=O)NNc1nc2c(c(=O)[nH]c(=O)n2C)n1Cc1ccccc1. The average molecular weight is 328 g/mol. The number of hydrazine groups is 1. The standard InChI is InChI=1S/C15H16N6O3/c1-9(22)18-19-14-16-12-11(13(23)17-15(24)20(12)2)21(14)8-10-6-4-3-5-7-10/h3-7H,8H2,1-2H3,(H,16,19)(H,18,22)(H,17,23,24). The molecule has 0 saturated carbocycles. The molecule has 24 heavy (non-hydrogen) atoms. The van der Waals surface area contributed by atoms with E-state index in [0.717, 1.165) is 5.56 Å². The van der Waals surface area contributed by atoms with E-state index in [9.17, 15) is 14.4 Å². The third-order valence-corrected chi connectivity index (χ3v) is 3.54. The topological polar surface area (TPSA) is 114 Å². The summed E-state index contributed by atoms with van der Waals surface area (Å²) >= 11 is 0. The number of nitrogens with zero attached hydrogens (tertiary/aromatic N) is 3. The summed E-state index contributed by atoms with van der Waals surface area (Å²) in [5, 5.41) is 0. The number of aromatic nitrogens is 4. The van der Waals surface area contributed by atoms with E-state index >= 15 is 0 Å². The number of carbonyl (C=O) groups excluding carboxylic acids is 1. The van der Waals surface area contributed by atoms with Crippen LogP contribution in [0.15, 0.2) is 39.9 Å². The van der Waals surface area contributed by atoms with Crippen LogP contribution in [0.4, 0.5) is 5.95 Å². The van der Waals surface area contributed by atoms with Crippen molar-refractivity contribution < 1.29 is 4.79 Å². The smallest absolute Gasteiger partial charge is 0.298 e. The van der Waals surface area contributed by atoms with Gasteiger partial charge in [-0.25, -0.2) is 4.79 Å². The maximum Gasteiger partial charge on any atom is 0.329 e. The number of fused-ring (bicyclic) bond motifs is 1. The molecule has 9 nitrogen and oxygen atoms in total. The van der Waals surface area contributed by atoms with Crippen molar-refractivity contribution in [3.05, 3.63) is 56.7 Å². The van der Waals surface area contributed by atoms with E-state index in [1.807, 2.05) is 30.3 Å². The number of carbonyl (C=O) groups is 1. The van der Waals surface area contributed by atoms with Gasteiger partial charge in [-0.2, -0.15) is 4.98 Å². The Hall–Kier alpha value is -3.36. The molecule has 0 atom stereocenters. The van der Waals surface area contributed by atoms with Gasteiger partial charge in [0, 0.05) is 14.0 Å². The van der Waals surface area contributed by atoms with Crippen molar-refractivity contribution in [2.24, 2.45) is 7.05 Å². The van der Waals surface area contributed by atoms with Crippen molar-refractivity contribution in [3.8, 4) is 0 Å². The third kappa shape index (κ3) is 2.78. The Balaban J connectivity index is 2.20. The minimum absolute atomic E-state index is 0.229. The van der Waals surface area contributed by atoms with E-state index in [1.54, 1.807) is 4.57 Å². The van der Waals surface area contributed by atoms with E-state index in [-0.39, 0.29) is 23.0 Å². The highest BCUT2D eigenvalue weighted by atomic mass is 16.2. The van der Waals surface area contributed by atoms with E-state index in [1.165, 1.54) is 18.5 Å². The van der Waals surface area contributed by atoms with Gasteiger partial charge in [0.25, 0.3) is 5.56 Å². The van der Waals surface area contributed by atoms with Gasteiger partial charge < -0.3 is 0 Å². The van der Waals surface area contributed by atoms with Gasteiger partial charge in [-0.05, 0) is 5.56 Å². The van der Waals surface area contributed by atoms with Gasteiger partial charge in [0.15, 0.2) is 11.2 Å². The molecule has 0 unspecified atom stereocenters. The second kappa shape index (κ2) is 6.03. The van der Waals surface area contributed by atoms with Crippen molar-refractivity contribution in [1.29, 1.82) is 0 Å². The number of benzene rings is 1. The molecule has 124 valence electrons. The van der Waals surface area contributed by atoms with Crippen molar-refractivity contribution >= 4 is 23.0 Å². The minimum Gasteiger partial charge on any atom is -0.298 e. The molecule has 1 aromatic carbocycles. The summed E-state index contributed by atoms with van der Waals surface area (Å²) in [6, 6.07) is 9.47. The van der Waals surface area contributed by atoms with Crippen LogP contribution in [-0.2, 0) is 18.4 Å². The number of rotatable bonds is 4. The van der Waals surface area contributed by atoms with Crippen LogP contribution in [0.5, 0.6) is 0 Å². The molecule has 9 heteroatoms. The Labute approximate surface area is 135 Å².